The van der Waals surface area contributed by atoms with Gasteiger partial charge in [0.15, 0.2) is 0 Å². The maximum Gasteiger partial charge on any atom is 0.255 e. The molecular formula is C18H18FN3O2. The lowest BCUT2D eigenvalue weighted by Gasteiger charge is -2.19. The van der Waals surface area contributed by atoms with Crippen LogP contribution in [-0.2, 0) is 7.05 Å². The molecule has 6 heteroatoms. The topological polar surface area (TPSA) is 60.1 Å². The Balaban J connectivity index is 1.98. The number of imidazole rings is 1. The van der Waals surface area contributed by atoms with Crippen molar-refractivity contribution in [2.75, 3.05) is 0 Å². The fourth-order valence-electron chi connectivity index (χ4n) is 2.70. The molecule has 0 spiro atoms. The van der Waals surface area contributed by atoms with Gasteiger partial charge in [0.05, 0.1) is 5.56 Å². The minimum atomic E-state index is -0.567. The second kappa shape index (κ2) is 6.31. The van der Waals surface area contributed by atoms with Crippen LogP contribution in [0, 0.1) is 19.7 Å². The van der Waals surface area contributed by atoms with Crippen molar-refractivity contribution in [1.82, 2.24) is 14.9 Å². The van der Waals surface area contributed by atoms with Gasteiger partial charge in [-0.05, 0) is 37.6 Å². The molecule has 0 unspecified atom stereocenters. The third kappa shape index (κ3) is 3.08. The van der Waals surface area contributed by atoms with Crippen molar-refractivity contribution in [1.29, 1.82) is 0 Å². The van der Waals surface area contributed by atoms with Gasteiger partial charge in [0.1, 0.15) is 29.2 Å². The zero-order valence-electron chi connectivity index (χ0n) is 13.7. The van der Waals surface area contributed by atoms with Crippen LogP contribution in [0.25, 0.3) is 0 Å². The Morgan fingerprint density at radius 2 is 2.12 bits per heavy atom. The van der Waals surface area contributed by atoms with Crippen LogP contribution < -0.4 is 5.32 Å². The lowest BCUT2D eigenvalue weighted by atomic mass is 10.1. The van der Waals surface area contributed by atoms with E-state index in [2.05, 4.69) is 10.3 Å². The summed E-state index contributed by atoms with van der Waals surface area (Å²) in [6, 6.07) is 7.25. The molecule has 3 aromatic rings. The molecule has 1 N–H and O–H groups in total. The highest BCUT2D eigenvalue weighted by molar-refractivity contribution is 5.95. The van der Waals surface area contributed by atoms with Gasteiger partial charge in [0, 0.05) is 19.4 Å². The monoisotopic (exact) mass is 327 g/mol. The van der Waals surface area contributed by atoms with Gasteiger partial charge in [-0.1, -0.05) is 12.1 Å². The predicted octanol–water partition coefficient (Wildman–Crippen LogP) is 3.29. The summed E-state index contributed by atoms with van der Waals surface area (Å²) in [6.07, 6.45) is 3.42. The Labute approximate surface area is 139 Å². The van der Waals surface area contributed by atoms with Gasteiger partial charge in [0.25, 0.3) is 5.91 Å². The van der Waals surface area contributed by atoms with Crippen LogP contribution >= 0.6 is 0 Å². The number of furan rings is 1. The number of benzene rings is 1. The van der Waals surface area contributed by atoms with Crippen molar-refractivity contribution in [2.45, 2.75) is 19.9 Å². The van der Waals surface area contributed by atoms with E-state index in [9.17, 15) is 9.18 Å². The van der Waals surface area contributed by atoms with E-state index in [0.717, 1.165) is 0 Å². The second-order valence-corrected chi connectivity index (χ2v) is 5.68. The van der Waals surface area contributed by atoms with Crippen molar-refractivity contribution in [3.63, 3.8) is 0 Å². The van der Waals surface area contributed by atoms with E-state index in [-0.39, 0.29) is 11.7 Å². The number of halogens is 1. The van der Waals surface area contributed by atoms with Crippen molar-refractivity contribution in [3.05, 3.63) is 77.0 Å². The fourth-order valence-corrected chi connectivity index (χ4v) is 2.70. The van der Waals surface area contributed by atoms with Crippen LogP contribution in [0.3, 0.4) is 0 Å². The molecule has 0 fully saturated rings. The standard InChI is InChI=1S/C18H18FN3O2/c1-11-9-15(12(2)24-11)18(23)21-16(17-20-7-8-22(17)3)13-5-4-6-14(19)10-13/h4-10,16H,1-3H3,(H,21,23)/t16-/m1/s1. The first-order valence-corrected chi connectivity index (χ1v) is 7.56. The van der Waals surface area contributed by atoms with Crippen LogP contribution in [0.4, 0.5) is 4.39 Å². The third-order valence-electron chi connectivity index (χ3n) is 3.86. The quantitative estimate of drug-likeness (QED) is 0.800. The van der Waals surface area contributed by atoms with E-state index in [1.807, 2.05) is 7.05 Å². The summed E-state index contributed by atoms with van der Waals surface area (Å²) in [6.45, 7) is 3.52. The molecule has 5 nitrogen and oxygen atoms in total. The number of amides is 1. The van der Waals surface area contributed by atoms with E-state index in [4.69, 9.17) is 4.42 Å². The molecule has 3 rings (SSSR count). The predicted molar refractivity (Wildman–Crippen MR) is 87.1 cm³/mol. The van der Waals surface area contributed by atoms with E-state index in [0.29, 0.717) is 28.5 Å². The van der Waals surface area contributed by atoms with Gasteiger partial charge in [-0.3, -0.25) is 4.79 Å². The summed E-state index contributed by atoms with van der Waals surface area (Å²) in [4.78, 5) is 17.0. The number of hydrogen-bond acceptors (Lipinski definition) is 3. The Morgan fingerprint density at radius 3 is 2.71 bits per heavy atom. The average molecular weight is 327 g/mol. The normalized spacial score (nSPS) is 12.2. The maximum atomic E-state index is 13.6. The molecule has 1 atom stereocenters. The van der Waals surface area contributed by atoms with Crippen LogP contribution in [0.15, 0.2) is 47.1 Å². The highest BCUT2D eigenvalue weighted by Crippen LogP contribution is 2.23. The first-order valence-electron chi connectivity index (χ1n) is 7.56. The summed E-state index contributed by atoms with van der Waals surface area (Å²) in [5, 5.41) is 2.93. The van der Waals surface area contributed by atoms with Gasteiger partial charge in [-0.25, -0.2) is 9.37 Å². The van der Waals surface area contributed by atoms with Gasteiger partial charge < -0.3 is 14.3 Å². The number of nitrogens with one attached hydrogen (secondary N) is 1. The number of nitrogens with zero attached hydrogens (tertiary/aromatic N) is 2. The molecule has 1 amide bonds. The number of rotatable bonds is 4. The van der Waals surface area contributed by atoms with Crippen molar-refractivity contribution < 1.29 is 13.6 Å². The summed E-state index contributed by atoms with van der Waals surface area (Å²) in [5.41, 5.74) is 1.08. The molecular weight excluding hydrogens is 309 g/mol. The van der Waals surface area contributed by atoms with E-state index >= 15 is 0 Å². The molecule has 1 aromatic carbocycles. The molecule has 0 aliphatic heterocycles. The maximum absolute atomic E-state index is 13.6. The molecule has 24 heavy (non-hydrogen) atoms. The first kappa shape index (κ1) is 16.0. The van der Waals surface area contributed by atoms with Gasteiger partial charge in [-0.15, -0.1) is 0 Å². The molecule has 2 aromatic heterocycles. The molecule has 0 saturated carbocycles. The molecule has 0 aliphatic carbocycles. The highest BCUT2D eigenvalue weighted by Gasteiger charge is 2.23. The SMILES string of the molecule is Cc1cc(C(=O)N[C@H](c2cccc(F)c2)c2nccn2C)c(C)o1. The lowest BCUT2D eigenvalue weighted by Crippen LogP contribution is -2.31. The van der Waals surface area contributed by atoms with Crippen LogP contribution in [0.1, 0.15) is 39.3 Å². The van der Waals surface area contributed by atoms with Crippen molar-refractivity contribution in [3.8, 4) is 0 Å². The molecule has 0 saturated heterocycles. The highest BCUT2D eigenvalue weighted by atomic mass is 19.1. The molecule has 124 valence electrons. The van der Waals surface area contributed by atoms with Crippen LogP contribution in [-0.4, -0.2) is 15.5 Å². The van der Waals surface area contributed by atoms with Gasteiger partial charge >= 0.3 is 0 Å². The number of carbonyl (C=O) groups excluding carboxylic acids is 1. The molecule has 0 radical (unpaired) electrons. The Kier molecular flexibility index (Phi) is 4.20. The minimum absolute atomic E-state index is 0.290. The smallest absolute Gasteiger partial charge is 0.255 e. The molecule has 0 aliphatic rings. The summed E-state index contributed by atoms with van der Waals surface area (Å²) in [7, 11) is 1.83. The minimum Gasteiger partial charge on any atom is -0.466 e. The number of carbonyl (C=O) groups is 1. The van der Waals surface area contributed by atoms with E-state index in [1.54, 1.807) is 49.0 Å². The fraction of sp³-hybridized carbons (Fsp3) is 0.222. The van der Waals surface area contributed by atoms with E-state index in [1.165, 1.54) is 12.1 Å². The number of aryl methyl sites for hydroxylation is 3. The molecule has 2 heterocycles. The average Bonchev–Trinajstić information content (AvgIpc) is 3.10. The van der Waals surface area contributed by atoms with Crippen molar-refractivity contribution >= 4 is 5.91 Å². The second-order valence-electron chi connectivity index (χ2n) is 5.68. The zero-order chi connectivity index (χ0) is 17.3. The lowest BCUT2D eigenvalue weighted by molar-refractivity contribution is 0.0939. The Morgan fingerprint density at radius 1 is 1.33 bits per heavy atom. The Hall–Kier alpha value is -2.89. The summed E-state index contributed by atoms with van der Waals surface area (Å²) >= 11 is 0. The van der Waals surface area contributed by atoms with E-state index < -0.39 is 6.04 Å². The summed E-state index contributed by atoms with van der Waals surface area (Å²) in [5.74, 6) is 1.17. The third-order valence-corrected chi connectivity index (χ3v) is 3.86. The van der Waals surface area contributed by atoms with Gasteiger partial charge in [0.2, 0.25) is 0 Å². The molecule has 0 bridgehead atoms. The largest absolute Gasteiger partial charge is 0.466 e. The number of hydrogen-bond donors (Lipinski definition) is 1. The number of aromatic nitrogens is 2. The summed E-state index contributed by atoms with van der Waals surface area (Å²) < 4.78 is 20.9. The van der Waals surface area contributed by atoms with Crippen LogP contribution in [0.2, 0.25) is 0 Å². The van der Waals surface area contributed by atoms with Gasteiger partial charge in [-0.2, -0.15) is 0 Å². The van der Waals surface area contributed by atoms with Crippen LogP contribution in [0.5, 0.6) is 0 Å². The zero-order valence-corrected chi connectivity index (χ0v) is 13.7. The Bertz CT molecular complexity index is 882. The van der Waals surface area contributed by atoms with Crippen molar-refractivity contribution in [2.24, 2.45) is 7.05 Å². The first-order chi connectivity index (χ1) is 11.5.